The van der Waals surface area contributed by atoms with Crippen molar-refractivity contribution in [1.29, 1.82) is 0 Å². The topological polar surface area (TPSA) is 75.7 Å². The molecule has 0 aromatic heterocycles. The normalized spacial score (nSPS) is 20.0. The molecule has 1 aromatic rings. The number of methoxy groups -OCH3 is 1. The van der Waals surface area contributed by atoms with Crippen molar-refractivity contribution in [2.24, 2.45) is 5.92 Å². The van der Waals surface area contributed by atoms with Gasteiger partial charge in [-0.3, -0.25) is 4.79 Å². The predicted octanol–water partition coefficient (Wildman–Crippen LogP) is 1.60. The van der Waals surface area contributed by atoms with Gasteiger partial charge in [0.2, 0.25) is 0 Å². The van der Waals surface area contributed by atoms with E-state index in [0.717, 1.165) is 30.4 Å². The molecule has 0 unspecified atom stereocenters. The van der Waals surface area contributed by atoms with Crippen LogP contribution in [0.1, 0.15) is 31.7 Å². The molecule has 0 aliphatic heterocycles. The van der Waals surface area contributed by atoms with E-state index >= 15 is 0 Å². The Morgan fingerprint density at radius 3 is 2.86 bits per heavy atom. The van der Waals surface area contributed by atoms with Gasteiger partial charge in [-0.05, 0) is 48.6 Å². The summed E-state index contributed by atoms with van der Waals surface area (Å²) in [5, 5.41) is 10.4. The summed E-state index contributed by atoms with van der Waals surface area (Å²) >= 11 is 0. The van der Waals surface area contributed by atoms with Gasteiger partial charge < -0.3 is 19.4 Å². The molecule has 1 atom stereocenters. The third kappa shape index (κ3) is 3.87. The standard InChI is InChI=1S/C17H20O5/c1-11-4-3-5-13(17(11)20)8-12-6-7-14(15(9-12)21-2)22-10-16(18)19/h6-9,11H,3-5,10H2,1-2H3,(H,18,19)/p-1/b13-8+/t11-/m0/s1. The average molecular weight is 303 g/mol. The van der Waals surface area contributed by atoms with Gasteiger partial charge in [-0.15, -0.1) is 0 Å². The highest BCUT2D eigenvalue weighted by Crippen LogP contribution is 2.31. The Morgan fingerprint density at radius 1 is 1.41 bits per heavy atom. The molecule has 0 heterocycles. The first-order chi connectivity index (χ1) is 10.5. The van der Waals surface area contributed by atoms with Gasteiger partial charge in [-0.25, -0.2) is 0 Å². The first-order valence-corrected chi connectivity index (χ1v) is 7.26. The number of carboxylic acid groups (broad SMARTS) is 1. The second-order valence-corrected chi connectivity index (χ2v) is 5.40. The number of rotatable bonds is 5. The molecule has 1 saturated carbocycles. The predicted molar refractivity (Wildman–Crippen MR) is 79.5 cm³/mol. The lowest BCUT2D eigenvalue weighted by Gasteiger charge is -2.19. The van der Waals surface area contributed by atoms with E-state index in [1.807, 2.05) is 13.0 Å². The molecule has 0 N–H and O–H groups in total. The second-order valence-electron chi connectivity index (χ2n) is 5.40. The number of benzene rings is 1. The Labute approximate surface area is 129 Å². The average Bonchev–Trinajstić information content (AvgIpc) is 2.50. The number of allylic oxidation sites excluding steroid dienone is 1. The van der Waals surface area contributed by atoms with E-state index < -0.39 is 12.6 Å². The maximum Gasteiger partial charge on any atom is 0.161 e. The monoisotopic (exact) mass is 303 g/mol. The zero-order chi connectivity index (χ0) is 16.1. The largest absolute Gasteiger partial charge is 0.546 e. The second kappa shape index (κ2) is 7.11. The summed E-state index contributed by atoms with van der Waals surface area (Å²) in [6.07, 6.45) is 4.61. The Balaban J connectivity index is 2.22. The van der Waals surface area contributed by atoms with Gasteiger partial charge in [0, 0.05) is 5.92 Å². The van der Waals surface area contributed by atoms with Crippen molar-refractivity contribution in [3.05, 3.63) is 29.3 Å². The van der Waals surface area contributed by atoms with E-state index in [1.165, 1.54) is 7.11 Å². The van der Waals surface area contributed by atoms with Crippen LogP contribution in [0.15, 0.2) is 23.8 Å². The molecule has 0 spiro atoms. The van der Waals surface area contributed by atoms with Crippen molar-refractivity contribution in [1.82, 2.24) is 0 Å². The van der Waals surface area contributed by atoms with Crippen molar-refractivity contribution in [2.45, 2.75) is 26.2 Å². The van der Waals surface area contributed by atoms with Crippen LogP contribution in [0.4, 0.5) is 0 Å². The number of ketones is 1. The van der Waals surface area contributed by atoms with Crippen LogP contribution in [0, 0.1) is 5.92 Å². The Bertz CT molecular complexity index is 603. The Hall–Kier alpha value is -2.30. The SMILES string of the molecule is COc1cc(/C=C2\CCC[C@H](C)C2=O)ccc1OCC(=O)[O-]. The van der Waals surface area contributed by atoms with E-state index in [0.29, 0.717) is 11.5 Å². The van der Waals surface area contributed by atoms with Crippen LogP contribution in [0.5, 0.6) is 11.5 Å². The summed E-state index contributed by atoms with van der Waals surface area (Å²) in [6, 6.07) is 5.13. The minimum atomic E-state index is -1.30. The summed E-state index contributed by atoms with van der Waals surface area (Å²) in [5.74, 6) is -0.269. The van der Waals surface area contributed by atoms with Crippen molar-refractivity contribution >= 4 is 17.8 Å². The van der Waals surface area contributed by atoms with Crippen molar-refractivity contribution in [2.75, 3.05) is 13.7 Å². The number of Topliss-reactive ketones (excluding diaryl/α,β-unsaturated/α-hetero) is 1. The zero-order valence-corrected chi connectivity index (χ0v) is 12.8. The minimum absolute atomic E-state index is 0.0765. The fourth-order valence-electron chi connectivity index (χ4n) is 2.54. The summed E-state index contributed by atoms with van der Waals surface area (Å²) in [6.45, 7) is 1.42. The third-order valence-corrected chi connectivity index (χ3v) is 3.72. The van der Waals surface area contributed by atoms with Gasteiger partial charge in [0.15, 0.2) is 17.3 Å². The van der Waals surface area contributed by atoms with Gasteiger partial charge in [0.05, 0.1) is 13.1 Å². The smallest absolute Gasteiger partial charge is 0.161 e. The number of aliphatic carboxylic acids is 1. The van der Waals surface area contributed by atoms with Crippen LogP contribution in [0.3, 0.4) is 0 Å². The van der Waals surface area contributed by atoms with Crippen LogP contribution >= 0.6 is 0 Å². The molecule has 1 fully saturated rings. The molecule has 1 aromatic carbocycles. The van der Waals surface area contributed by atoms with Gasteiger partial charge in [-0.2, -0.15) is 0 Å². The van der Waals surface area contributed by atoms with Gasteiger partial charge in [-0.1, -0.05) is 13.0 Å². The molecule has 5 heteroatoms. The maximum atomic E-state index is 12.1. The van der Waals surface area contributed by atoms with E-state index in [1.54, 1.807) is 18.2 Å². The highest BCUT2D eigenvalue weighted by Gasteiger charge is 2.22. The first-order valence-electron chi connectivity index (χ1n) is 7.26. The molecular weight excluding hydrogens is 284 g/mol. The molecule has 0 amide bonds. The van der Waals surface area contributed by atoms with Crippen molar-refractivity contribution in [3.8, 4) is 11.5 Å². The highest BCUT2D eigenvalue weighted by atomic mass is 16.5. The molecule has 0 bridgehead atoms. The summed E-state index contributed by atoms with van der Waals surface area (Å²) in [4.78, 5) is 22.6. The van der Waals surface area contributed by atoms with Crippen LogP contribution in [0.2, 0.25) is 0 Å². The minimum Gasteiger partial charge on any atom is -0.546 e. The molecule has 22 heavy (non-hydrogen) atoms. The Kier molecular flexibility index (Phi) is 5.20. The third-order valence-electron chi connectivity index (χ3n) is 3.72. The number of carbonyl (C=O) groups is 2. The van der Waals surface area contributed by atoms with E-state index in [-0.39, 0.29) is 11.7 Å². The van der Waals surface area contributed by atoms with Crippen LogP contribution in [0.25, 0.3) is 6.08 Å². The summed E-state index contributed by atoms with van der Waals surface area (Å²) in [5.41, 5.74) is 1.65. The molecule has 1 aliphatic rings. The number of ether oxygens (including phenoxy) is 2. The van der Waals surface area contributed by atoms with E-state index in [2.05, 4.69) is 0 Å². The van der Waals surface area contributed by atoms with Gasteiger partial charge in [0.1, 0.15) is 6.61 Å². The summed E-state index contributed by atoms with van der Waals surface area (Å²) in [7, 11) is 1.48. The number of hydrogen-bond donors (Lipinski definition) is 0. The lowest BCUT2D eigenvalue weighted by molar-refractivity contribution is -0.307. The number of hydrogen-bond acceptors (Lipinski definition) is 5. The van der Waals surface area contributed by atoms with E-state index in [9.17, 15) is 14.7 Å². The zero-order valence-electron chi connectivity index (χ0n) is 12.8. The van der Waals surface area contributed by atoms with Crippen LogP contribution < -0.4 is 14.6 Å². The first kappa shape index (κ1) is 16.1. The molecule has 5 nitrogen and oxygen atoms in total. The molecule has 2 rings (SSSR count). The summed E-state index contributed by atoms with van der Waals surface area (Å²) < 4.78 is 10.3. The van der Waals surface area contributed by atoms with Gasteiger partial charge >= 0.3 is 0 Å². The fourth-order valence-corrected chi connectivity index (χ4v) is 2.54. The lowest BCUT2D eigenvalue weighted by Crippen LogP contribution is -2.29. The maximum absolute atomic E-state index is 12.1. The highest BCUT2D eigenvalue weighted by molar-refractivity contribution is 6.01. The fraction of sp³-hybridized carbons (Fsp3) is 0.412. The molecule has 0 saturated heterocycles. The van der Waals surface area contributed by atoms with Crippen LogP contribution in [-0.2, 0) is 9.59 Å². The van der Waals surface area contributed by atoms with Crippen molar-refractivity contribution in [3.63, 3.8) is 0 Å². The molecule has 0 radical (unpaired) electrons. The number of carbonyl (C=O) groups excluding carboxylic acids is 2. The molecule has 118 valence electrons. The van der Waals surface area contributed by atoms with Crippen LogP contribution in [-0.4, -0.2) is 25.5 Å². The molecular formula is C17H19O5-. The molecule has 1 aliphatic carbocycles. The van der Waals surface area contributed by atoms with Crippen molar-refractivity contribution < 1.29 is 24.2 Å². The quantitative estimate of drug-likeness (QED) is 0.772. The van der Waals surface area contributed by atoms with E-state index in [4.69, 9.17) is 9.47 Å². The van der Waals surface area contributed by atoms with Gasteiger partial charge in [0.25, 0.3) is 0 Å². The number of carboxylic acids is 1. The lowest BCUT2D eigenvalue weighted by atomic mass is 9.84. The Morgan fingerprint density at radius 2 is 2.18 bits per heavy atom.